The SMILES string of the molecule is CCCNC(c1ccoc1)C1CCOC2(CCSC2)C1. The molecule has 2 saturated heterocycles. The first-order valence-electron chi connectivity index (χ1n) is 7.80. The molecule has 3 heterocycles. The predicted octanol–water partition coefficient (Wildman–Crippen LogP) is 3.62. The van der Waals surface area contributed by atoms with E-state index in [1.54, 1.807) is 6.26 Å². The Labute approximate surface area is 125 Å². The number of rotatable bonds is 5. The zero-order chi connectivity index (χ0) is 13.8. The standard InChI is InChI=1S/C16H25NO2S/c1-2-6-17-15(14-3-7-18-11-14)13-4-8-19-16(10-13)5-9-20-12-16/h3,7,11,13,15,17H,2,4-6,8-10,12H2,1H3. The minimum Gasteiger partial charge on any atom is -0.472 e. The molecule has 3 atom stereocenters. The fourth-order valence-corrected chi connectivity index (χ4v) is 4.90. The molecule has 20 heavy (non-hydrogen) atoms. The molecule has 112 valence electrons. The van der Waals surface area contributed by atoms with Crippen molar-refractivity contribution in [2.24, 2.45) is 5.92 Å². The van der Waals surface area contributed by atoms with Crippen molar-refractivity contribution in [2.45, 2.75) is 44.2 Å². The van der Waals surface area contributed by atoms with Crippen molar-refractivity contribution in [1.82, 2.24) is 5.32 Å². The van der Waals surface area contributed by atoms with Crippen LogP contribution in [0.15, 0.2) is 23.0 Å². The average Bonchev–Trinajstić information content (AvgIpc) is 3.12. The molecule has 3 unspecified atom stereocenters. The molecule has 1 aromatic rings. The summed E-state index contributed by atoms with van der Waals surface area (Å²) in [4.78, 5) is 0. The normalized spacial score (nSPS) is 31.8. The maximum Gasteiger partial charge on any atom is 0.0950 e. The highest BCUT2D eigenvalue weighted by molar-refractivity contribution is 7.99. The van der Waals surface area contributed by atoms with Gasteiger partial charge in [-0.2, -0.15) is 11.8 Å². The molecule has 2 aliphatic rings. The first-order valence-corrected chi connectivity index (χ1v) is 8.96. The van der Waals surface area contributed by atoms with Crippen molar-refractivity contribution in [2.75, 3.05) is 24.7 Å². The molecule has 0 radical (unpaired) electrons. The molecule has 4 heteroatoms. The fourth-order valence-electron chi connectivity index (χ4n) is 3.52. The second-order valence-electron chi connectivity index (χ2n) is 6.08. The summed E-state index contributed by atoms with van der Waals surface area (Å²) in [7, 11) is 0. The maximum atomic E-state index is 6.16. The van der Waals surface area contributed by atoms with Gasteiger partial charge in [0.15, 0.2) is 0 Å². The predicted molar refractivity (Wildman–Crippen MR) is 83.1 cm³/mol. The van der Waals surface area contributed by atoms with Crippen LogP contribution < -0.4 is 5.32 Å². The summed E-state index contributed by atoms with van der Waals surface area (Å²) in [5.74, 6) is 3.09. The van der Waals surface area contributed by atoms with E-state index in [9.17, 15) is 0 Å². The molecule has 3 rings (SSSR count). The van der Waals surface area contributed by atoms with E-state index in [-0.39, 0.29) is 5.60 Å². The van der Waals surface area contributed by atoms with Crippen LogP contribution in [0.3, 0.4) is 0 Å². The lowest BCUT2D eigenvalue weighted by atomic mass is 9.79. The lowest BCUT2D eigenvalue weighted by molar-refractivity contribution is -0.0854. The van der Waals surface area contributed by atoms with Gasteiger partial charge in [-0.3, -0.25) is 0 Å². The lowest BCUT2D eigenvalue weighted by Gasteiger charge is -2.41. The van der Waals surface area contributed by atoms with Crippen LogP contribution >= 0.6 is 11.8 Å². The molecule has 0 bridgehead atoms. The zero-order valence-corrected chi connectivity index (χ0v) is 13.1. The van der Waals surface area contributed by atoms with E-state index in [1.165, 1.54) is 36.3 Å². The van der Waals surface area contributed by atoms with Gasteiger partial charge in [-0.05, 0) is 50.0 Å². The first-order chi connectivity index (χ1) is 9.83. The summed E-state index contributed by atoms with van der Waals surface area (Å²) in [6, 6.07) is 2.53. The van der Waals surface area contributed by atoms with Gasteiger partial charge in [0.1, 0.15) is 0 Å². The van der Waals surface area contributed by atoms with Crippen molar-refractivity contribution >= 4 is 11.8 Å². The molecule has 3 nitrogen and oxygen atoms in total. The van der Waals surface area contributed by atoms with Crippen molar-refractivity contribution in [3.05, 3.63) is 24.2 Å². The smallest absolute Gasteiger partial charge is 0.0950 e. The van der Waals surface area contributed by atoms with Crippen LogP contribution in [0.4, 0.5) is 0 Å². The van der Waals surface area contributed by atoms with E-state index < -0.39 is 0 Å². The molecule has 0 aromatic carbocycles. The van der Waals surface area contributed by atoms with Crippen LogP contribution in [0.25, 0.3) is 0 Å². The molecule has 0 aliphatic carbocycles. The van der Waals surface area contributed by atoms with E-state index in [1.807, 2.05) is 18.0 Å². The molecule has 2 aliphatic heterocycles. The van der Waals surface area contributed by atoms with Gasteiger partial charge in [-0.1, -0.05) is 6.92 Å². The van der Waals surface area contributed by atoms with Gasteiger partial charge >= 0.3 is 0 Å². The summed E-state index contributed by atoms with van der Waals surface area (Å²) >= 11 is 2.04. The summed E-state index contributed by atoms with van der Waals surface area (Å²) in [5, 5.41) is 3.73. The number of thioether (sulfide) groups is 1. The van der Waals surface area contributed by atoms with Crippen LogP contribution in [0.5, 0.6) is 0 Å². The summed E-state index contributed by atoms with van der Waals surface area (Å²) in [6.07, 6.45) is 8.42. The Balaban J connectivity index is 1.72. The van der Waals surface area contributed by atoms with Crippen molar-refractivity contribution in [3.63, 3.8) is 0 Å². The van der Waals surface area contributed by atoms with Crippen molar-refractivity contribution < 1.29 is 9.15 Å². The average molecular weight is 295 g/mol. The van der Waals surface area contributed by atoms with Gasteiger partial charge in [0, 0.05) is 24.0 Å². The molecule has 1 aromatic heterocycles. The fraction of sp³-hybridized carbons (Fsp3) is 0.750. The van der Waals surface area contributed by atoms with Crippen molar-refractivity contribution in [1.29, 1.82) is 0 Å². The highest BCUT2D eigenvalue weighted by Gasteiger charge is 2.42. The number of hydrogen-bond donors (Lipinski definition) is 1. The number of hydrogen-bond acceptors (Lipinski definition) is 4. The van der Waals surface area contributed by atoms with Gasteiger partial charge in [0.2, 0.25) is 0 Å². The molecular formula is C16H25NO2S. The van der Waals surface area contributed by atoms with Gasteiger partial charge < -0.3 is 14.5 Å². The minimum atomic E-state index is 0.156. The molecular weight excluding hydrogens is 270 g/mol. The van der Waals surface area contributed by atoms with E-state index in [0.717, 1.165) is 19.6 Å². The highest BCUT2D eigenvalue weighted by Crippen LogP contribution is 2.44. The van der Waals surface area contributed by atoms with Gasteiger partial charge in [-0.25, -0.2) is 0 Å². The minimum absolute atomic E-state index is 0.156. The van der Waals surface area contributed by atoms with Gasteiger partial charge in [0.05, 0.1) is 18.1 Å². The second-order valence-corrected chi connectivity index (χ2v) is 7.18. The van der Waals surface area contributed by atoms with Gasteiger partial charge in [0.25, 0.3) is 0 Å². The maximum absolute atomic E-state index is 6.16. The third-order valence-corrected chi connectivity index (χ3v) is 5.81. The third kappa shape index (κ3) is 3.07. The molecule has 1 spiro atoms. The quantitative estimate of drug-likeness (QED) is 0.899. The summed E-state index contributed by atoms with van der Waals surface area (Å²) in [5.41, 5.74) is 1.45. The Morgan fingerprint density at radius 2 is 2.50 bits per heavy atom. The molecule has 2 fully saturated rings. The van der Waals surface area contributed by atoms with Gasteiger partial charge in [-0.15, -0.1) is 0 Å². The van der Waals surface area contributed by atoms with E-state index >= 15 is 0 Å². The number of furan rings is 1. The van der Waals surface area contributed by atoms with Crippen LogP contribution in [0.2, 0.25) is 0 Å². The highest BCUT2D eigenvalue weighted by atomic mass is 32.2. The van der Waals surface area contributed by atoms with Crippen molar-refractivity contribution in [3.8, 4) is 0 Å². The molecule has 0 amide bonds. The summed E-state index contributed by atoms with van der Waals surface area (Å²) in [6.45, 7) is 4.20. The lowest BCUT2D eigenvalue weighted by Crippen LogP contribution is -2.43. The Bertz CT molecular complexity index is 401. The monoisotopic (exact) mass is 295 g/mol. The van der Waals surface area contributed by atoms with E-state index in [4.69, 9.17) is 9.15 Å². The Morgan fingerprint density at radius 1 is 1.55 bits per heavy atom. The summed E-state index contributed by atoms with van der Waals surface area (Å²) < 4.78 is 11.5. The molecule has 0 saturated carbocycles. The Kier molecular flexibility index (Phi) is 4.74. The van der Waals surface area contributed by atoms with E-state index in [2.05, 4.69) is 18.3 Å². The van der Waals surface area contributed by atoms with Crippen LogP contribution in [-0.2, 0) is 4.74 Å². The topological polar surface area (TPSA) is 34.4 Å². The third-order valence-electron chi connectivity index (χ3n) is 4.59. The second kappa shape index (κ2) is 6.54. The van der Waals surface area contributed by atoms with Crippen LogP contribution in [0.1, 0.15) is 44.2 Å². The van der Waals surface area contributed by atoms with E-state index in [0.29, 0.717) is 12.0 Å². The first kappa shape index (κ1) is 14.5. The number of ether oxygens (including phenoxy) is 1. The largest absolute Gasteiger partial charge is 0.472 e. The van der Waals surface area contributed by atoms with Crippen LogP contribution in [0, 0.1) is 5.92 Å². The molecule has 1 N–H and O–H groups in total. The van der Waals surface area contributed by atoms with Crippen LogP contribution in [-0.4, -0.2) is 30.3 Å². The zero-order valence-electron chi connectivity index (χ0n) is 12.3. The Morgan fingerprint density at radius 3 is 3.20 bits per heavy atom. The number of nitrogens with one attached hydrogen (secondary N) is 1. The Hall–Kier alpha value is -0.450.